The number of rotatable bonds is 5. The highest BCUT2D eigenvalue weighted by molar-refractivity contribution is 8.27. The van der Waals surface area contributed by atoms with Gasteiger partial charge in [0.05, 0.1) is 11.8 Å². The lowest BCUT2D eigenvalue weighted by Crippen LogP contribution is -2.35. The van der Waals surface area contributed by atoms with Crippen LogP contribution in [0.25, 0.3) is 6.08 Å². The van der Waals surface area contributed by atoms with Crippen molar-refractivity contribution in [2.24, 2.45) is 10.1 Å². The van der Waals surface area contributed by atoms with Crippen LogP contribution in [0.3, 0.4) is 0 Å². The van der Waals surface area contributed by atoms with Gasteiger partial charge in [-0.2, -0.15) is 15.1 Å². The average Bonchev–Trinajstić information content (AvgIpc) is 3.51. The van der Waals surface area contributed by atoms with Gasteiger partial charge in [-0.15, -0.1) is 0 Å². The number of aliphatic imine (C=N–C) groups is 1. The smallest absolute Gasteiger partial charge is 0.283 e. The minimum atomic E-state index is -0.508. The summed E-state index contributed by atoms with van der Waals surface area (Å²) < 4.78 is 11.2. The summed E-state index contributed by atoms with van der Waals surface area (Å²) in [6.07, 6.45) is 3.06. The molecule has 0 saturated heterocycles. The minimum absolute atomic E-state index is 0.0594. The van der Waals surface area contributed by atoms with Gasteiger partial charge in [0.2, 0.25) is 5.17 Å². The van der Waals surface area contributed by atoms with E-state index in [4.69, 9.17) is 25.8 Å². The molecule has 31 heavy (non-hydrogen) atoms. The maximum atomic E-state index is 12.5. The molecule has 2 aliphatic heterocycles. The quantitative estimate of drug-likeness (QED) is 0.393. The van der Waals surface area contributed by atoms with Crippen molar-refractivity contribution in [3.8, 4) is 0 Å². The molecule has 1 N–H and O–H groups in total. The second-order valence-electron chi connectivity index (χ2n) is 6.47. The number of carbonyl (C=O) groups is 1. The summed E-state index contributed by atoms with van der Waals surface area (Å²) in [6.45, 7) is 0. The van der Waals surface area contributed by atoms with Crippen LogP contribution in [0.2, 0.25) is 5.02 Å². The lowest BCUT2D eigenvalue weighted by atomic mass is 10.1. The monoisotopic (exact) mass is 468 g/mol. The molecule has 7 nitrogen and oxygen atoms in total. The van der Waals surface area contributed by atoms with E-state index in [0.717, 1.165) is 11.3 Å². The third-order valence-corrected chi connectivity index (χ3v) is 6.53. The van der Waals surface area contributed by atoms with Crippen molar-refractivity contribution in [1.82, 2.24) is 5.01 Å². The lowest BCUT2D eigenvalue weighted by molar-refractivity contribution is -0.114. The molecule has 0 aliphatic carbocycles. The SMILES string of the molecule is N=C1/C(=C/c2ccc(SCc3ccc(Cl)cc3)o2)C(=O)N=C2SC(c3ccco3)=NN12. The highest BCUT2D eigenvalue weighted by Gasteiger charge is 2.36. The standard InChI is InChI=1S/C21H13ClN4O3S2/c22-13-5-3-12(4-6-13)11-30-17-8-7-14(29-17)10-15-18(23)26-21(24-19(15)27)31-20(25-26)16-2-1-9-28-16/h1-10,23H,11H2/b15-10-,23-18?. The number of amidine groups is 2. The van der Waals surface area contributed by atoms with E-state index in [0.29, 0.717) is 31.8 Å². The Morgan fingerprint density at radius 1 is 1.19 bits per heavy atom. The number of nitrogens with one attached hydrogen (secondary N) is 1. The van der Waals surface area contributed by atoms with Gasteiger partial charge in [-0.05, 0) is 59.8 Å². The summed E-state index contributed by atoms with van der Waals surface area (Å²) >= 11 is 8.63. The molecule has 1 amide bonds. The van der Waals surface area contributed by atoms with E-state index < -0.39 is 5.91 Å². The van der Waals surface area contributed by atoms with E-state index in [-0.39, 0.29) is 11.4 Å². The third kappa shape index (κ3) is 4.12. The van der Waals surface area contributed by atoms with E-state index in [2.05, 4.69) is 10.1 Å². The van der Waals surface area contributed by atoms with E-state index in [9.17, 15) is 4.79 Å². The largest absolute Gasteiger partial charge is 0.462 e. The van der Waals surface area contributed by atoms with Gasteiger partial charge in [-0.1, -0.05) is 35.5 Å². The van der Waals surface area contributed by atoms with Gasteiger partial charge >= 0.3 is 0 Å². The summed E-state index contributed by atoms with van der Waals surface area (Å²) in [4.78, 5) is 16.6. The van der Waals surface area contributed by atoms with Gasteiger partial charge in [0.15, 0.2) is 21.7 Å². The molecule has 0 saturated carbocycles. The second-order valence-corrected chi connectivity index (χ2v) is 8.85. The van der Waals surface area contributed by atoms with Crippen molar-refractivity contribution < 1.29 is 13.6 Å². The summed E-state index contributed by atoms with van der Waals surface area (Å²) in [5, 5.41) is 16.4. The van der Waals surface area contributed by atoms with E-state index in [1.807, 2.05) is 30.3 Å². The predicted molar refractivity (Wildman–Crippen MR) is 123 cm³/mol. The summed E-state index contributed by atoms with van der Waals surface area (Å²) in [6, 6.07) is 14.7. The Morgan fingerprint density at radius 3 is 2.81 bits per heavy atom. The lowest BCUT2D eigenvalue weighted by Gasteiger charge is -2.19. The van der Waals surface area contributed by atoms with Crippen LogP contribution in [-0.2, 0) is 10.5 Å². The number of hydrogen-bond donors (Lipinski definition) is 1. The number of amides is 1. The Morgan fingerprint density at radius 2 is 2.03 bits per heavy atom. The van der Waals surface area contributed by atoms with E-state index >= 15 is 0 Å². The van der Waals surface area contributed by atoms with Crippen LogP contribution in [0.5, 0.6) is 0 Å². The molecule has 0 unspecified atom stereocenters. The molecule has 0 bridgehead atoms. The molecule has 0 spiro atoms. The zero-order chi connectivity index (χ0) is 21.4. The van der Waals surface area contributed by atoms with Gasteiger partial charge in [0.25, 0.3) is 5.91 Å². The first-order chi connectivity index (χ1) is 15.1. The Kier molecular flexibility index (Phi) is 5.31. The van der Waals surface area contributed by atoms with Crippen LogP contribution in [0.1, 0.15) is 17.1 Å². The molecular weight excluding hydrogens is 456 g/mol. The van der Waals surface area contributed by atoms with Gasteiger partial charge < -0.3 is 8.83 Å². The number of furan rings is 2. The maximum absolute atomic E-state index is 12.5. The Hall–Kier alpha value is -3.01. The summed E-state index contributed by atoms with van der Waals surface area (Å²) in [5.41, 5.74) is 1.23. The van der Waals surface area contributed by atoms with Crippen LogP contribution in [0, 0.1) is 5.41 Å². The highest BCUT2D eigenvalue weighted by atomic mass is 35.5. The Bertz CT molecular complexity index is 1260. The first kappa shape index (κ1) is 19.9. The van der Waals surface area contributed by atoms with Crippen molar-refractivity contribution in [3.05, 3.63) is 82.5 Å². The van der Waals surface area contributed by atoms with Crippen molar-refractivity contribution >= 4 is 63.2 Å². The number of hydrazone groups is 1. The molecular formula is C21H13ClN4O3S2. The maximum Gasteiger partial charge on any atom is 0.283 e. The Labute approximate surface area is 190 Å². The van der Waals surface area contributed by atoms with Gasteiger partial charge in [0.1, 0.15) is 5.76 Å². The number of carbonyl (C=O) groups excluding carboxylic acids is 1. The zero-order valence-electron chi connectivity index (χ0n) is 15.7. The number of halogens is 1. The second kappa shape index (κ2) is 8.26. The zero-order valence-corrected chi connectivity index (χ0v) is 18.1. The van der Waals surface area contributed by atoms with Crippen molar-refractivity contribution in [2.45, 2.75) is 10.8 Å². The first-order valence-corrected chi connectivity index (χ1v) is 11.3. The van der Waals surface area contributed by atoms with E-state index in [1.165, 1.54) is 34.6 Å². The van der Waals surface area contributed by atoms with Gasteiger partial charge in [0, 0.05) is 10.8 Å². The van der Waals surface area contributed by atoms with Gasteiger partial charge in [-0.3, -0.25) is 10.2 Å². The number of thioether (sulfide) groups is 2. The van der Waals surface area contributed by atoms with Crippen molar-refractivity contribution in [1.29, 1.82) is 5.41 Å². The molecule has 0 fully saturated rings. The number of benzene rings is 1. The highest BCUT2D eigenvalue weighted by Crippen LogP contribution is 2.32. The summed E-state index contributed by atoms with van der Waals surface area (Å²) in [5.74, 6) is 1.18. The molecule has 2 aliphatic rings. The Balaban J connectivity index is 1.32. The number of nitrogens with zero attached hydrogens (tertiary/aromatic N) is 3. The fraction of sp³-hybridized carbons (Fsp3) is 0.0476. The minimum Gasteiger partial charge on any atom is -0.462 e. The number of fused-ring (bicyclic) bond motifs is 1. The first-order valence-electron chi connectivity index (χ1n) is 9.08. The molecule has 4 heterocycles. The topological polar surface area (TPSA) is 95.2 Å². The molecule has 0 radical (unpaired) electrons. The molecule has 10 heteroatoms. The van der Waals surface area contributed by atoms with Crippen LogP contribution < -0.4 is 0 Å². The molecule has 2 aromatic heterocycles. The molecule has 1 aromatic carbocycles. The molecule has 3 aromatic rings. The van der Waals surface area contributed by atoms with Gasteiger partial charge in [-0.25, -0.2) is 0 Å². The van der Waals surface area contributed by atoms with Crippen molar-refractivity contribution in [2.75, 3.05) is 0 Å². The normalized spacial score (nSPS) is 17.2. The fourth-order valence-electron chi connectivity index (χ4n) is 2.86. The summed E-state index contributed by atoms with van der Waals surface area (Å²) in [7, 11) is 0. The molecule has 0 atom stereocenters. The predicted octanol–water partition coefficient (Wildman–Crippen LogP) is 5.49. The third-order valence-electron chi connectivity index (χ3n) is 4.37. The molecule has 5 rings (SSSR count). The van der Waals surface area contributed by atoms with E-state index in [1.54, 1.807) is 24.5 Å². The van der Waals surface area contributed by atoms with Crippen LogP contribution in [0.4, 0.5) is 0 Å². The fourth-order valence-corrected chi connectivity index (χ4v) is 4.66. The average molecular weight is 469 g/mol. The van der Waals surface area contributed by atoms with Crippen LogP contribution >= 0.6 is 35.1 Å². The number of hydrogen-bond acceptors (Lipinski definition) is 7. The molecule has 154 valence electrons. The van der Waals surface area contributed by atoms with Crippen LogP contribution in [-0.4, -0.2) is 27.0 Å². The van der Waals surface area contributed by atoms with Crippen molar-refractivity contribution in [3.63, 3.8) is 0 Å². The van der Waals surface area contributed by atoms with Crippen LogP contribution in [0.15, 0.2) is 84.4 Å².